The van der Waals surface area contributed by atoms with E-state index in [0.717, 1.165) is 38.8 Å². The summed E-state index contributed by atoms with van der Waals surface area (Å²) < 4.78 is 7.62. The van der Waals surface area contributed by atoms with Crippen molar-refractivity contribution < 1.29 is 14.6 Å². The van der Waals surface area contributed by atoms with Gasteiger partial charge in [0.1, 0.15) is 29.1 Å². The third-order valence-electron chi connectivity index (χ3n) is 5.49. The average molecular weight is 477 g/mol. The minimum absolute atomic E-state index is 0.0614. The highest BCUT2D eigenvalue weighted by Crippen LogP contribution is 2.39. The number of aliphatic hydroxyl groups excluding tert-OH is 1. The number of benzene rings is 1. The van der Waals surface area contributed by atoms with Gasteiger partial charge >= 0.3 is 5.97 Å². The van der Waals surface area contributed by atoms with E-state index in [2.05, 4.69) is 35.9 Å². The predicted molar refractivity (Wildman–Crippen MR) is 133 cm³/mol. The number of aromatic nitrogens is 3. The van der Waals surface area contributed by atoms with E-state index in [-0.39, 0.29) is 19.0 Å². The molecule has 0 saturated heterocycles. The first kappa shape index (κ1) is 23.9. The van der Waals surface area contributed by atoms with Crippen molar-refractivity contribution in [2.75, 3.05) is 6.61 Å². The van der Waals surface area contributed by atoms with Gasteiger partial charge in [0.2, 0.25) is 0 Å². The van der Waals surface area contributed by atoms with Gasteiger partial charge in [0.05, 0.1) is 12.1 Å². The molecule has 8 heteroatoms. The molecule has 0 saturated carbocycles. The molecule has 4 rings (SSSR count). The van der Waals surface area contributed by atoms with E-state index < -0.39 is 11.6 Å². The van der Waals surface area contributed by atoms with Crippen LogP contribution in [0.3, 0.4) is 0 Å². The van der Waals surface area contributed by atoms with Crippen molar-refractivity contribution in [1.29, 1.82) is 0 Å². The molecule has 34 heavy (non-hydrogen) atoms. The van der Waals surface area contributed by atoms with E-state index in [1.54, 1.807) is 11.3 Å². The highest BCUT2D eigenvalue weighted by atomic mass is 32.1. The minimum Gasteiger partial charge on any atom is -0.460 e. The van der Waals surface area contributed by atoms with Crippen molar-refractivity contribution in [3.8, 4) is 16.8 Å². The molecule has 0 fully saturated rings. The second-order valence-corrected chi connectivity index (χ2v) is 10.4. The molecule has 0 spiro atoms. The van der Waals surface area contributed by atoms with Crippen LogP contribution in [0.25, 0.3) is 5.00 Å². The molecule has 3 heterocycles. The first-order valence-electron chi connectivity index (χ1n) is 11.1. The summed E-state index contributed by atoms with van der Waals surface area (Å²) in [6.45, 7) is 11.5. The van der Waals surface area contributed by atoms with Gasteiger partial charge in [-0.3, -0.25) is 14.4 Å². The van der Waals surface area contributed by atoms with Gasteiger partial charge in [-0.2, -0.15) is 0 Å². The Hall–Kier alpha value is -3.28. The van der Waals surface area contributed by atoms with Crippen LogP contribution < -0.4 is 0 Å². The van der Waals surface area contributed by atoms with Crippen LogP contribution in [0.5, 0.6) is 0 Å². The molecule has 0 bridgehead atoms. The van der Waals surface area contributed by atoms with Gasteiger partial charge in [0, 0.05) is 21.6 Å². The maximum absolute atomic E-state index is 12.8. The Morgan fingerprint density at radius 3 is 2.53 bits per heavy atom. The number of nitrogens with zero attached hydrogens (tertiary/aromatic N) is 4. The van der Waals surface area contributed by atoms with Crippen LogP contribution in [0, 0.1) is 32.6 Å². The maximum atomic E-state index is 12.8. The van der Waals surface area contributed by atoms with Crippen molar-refractivity contribution in [2.24, 2.45) is 4.99 Å². The molecular formula is C26H28N4O3S. The molecule has 0 radical (unpaired) electrons. The number of aryl methyl sites for hydroxylation is 2. The van der Waals surface area contributed by atoms with Gasteiger partial charge in [-0.25, -0.2) is 0 Å². The van der Waals surface area contributed by atoms with E-state index in [9.17, 15) is 4.79 Å². The molecule has 0 amide bonds. The second kappa shape index (κ2) is 9.16. The first-order chi connectivity index (χ1) is 16.1. The van der Waals surface area contributed by atoms with E-state index in [0.29, 0.717) is 5.82 Å². The lowest BCUT2D eigenvalue weighted by molar-refractivity contribution is -0.155. The molecule has 1 unspecified atom stereocenters. The Kier molecular flexibility index (Phi) is 6.43. The highest BCUT2D eigenvalue weighted by molar-refractivity contribution is 7.15. The van der Waals surface area contributed by atoms with E-state index in [1.165, 1.54) is 4.88 Å². The average Bonchev–Trinajstić information content (AvgIpc) is 3.24. The molecule has 7 nitrogen and oxygen atoms in total. The summed E-state index contributed by atoms with van der Waals surface area (Å²) >= 11 is 1.67. The zero-order valence-electron chi connectivity index (χ0n) is 20.3. The molecule has 1 aliphatic rings. The van der Waals surface area contributed by atoms with Crippen molar-refractivity contribution >= 4 is 23.0 Å². The lowest BCUT2D eigenvalue weighted by Gasteiger charge is -2.21. The van der Waals surface area contributed by atoms with Gasteiger partial charge in [0.25, 0.3) is 0 Å². The molecule has 2 aromatic heterocycles. The quantitative estimate of drug-likeness (QED) is 0.452. The summed E-state index contributed by atoms with van der Waals surface area (Å²) in [5.41, 5.74) is 4.10. The molecule has 3 aromatic rings. The van der Waals surface area contributed by atoms with Crippen LogP contribution >= 0.6 is 11.3 Å². The monoisotopic (exact) mass is 476 g/mol. The van der Waals surface area contributed by atoms with Crippen molar-refractivity contribution in [2.45, 2.75) is 59.6 Å². The first-order valence-corrected chi connectivity index (χ1v) is 11.9. The van der Waals surface area contributed by atoms with Crippen molar-refractivity contribution in [3.63, 3.8) is 0 Å². The maximum Gasteiger partial charge on any atom is 0.308 e. The Balaban J connectivity index is 1.88. The van der Waals surface area contributed by atoms with Crippen molar-refractivity contribution in [1.82, 2.24) is 14.8 Å². The Morgan fingerprint density at radius 2 is 1.88 bits per heavy atom. The smallest absolute Gasteiger partial charge is 0.308 e. The molecule has 1 atom stereocenters. The number of hydrogen-bond donors (Lipinski definition) is 1. The number of rotatable bonds is 3. The number of aliphatic imine (C=N–C) groups is 1. The highest BCUT2D eigenvalue weighted by Gasteiger charge is 2.33. The van der Waals surface area contributed by atoms with Crippen LogP contribution in [0.1, 0.15) is 72.0 Å². The standard InChI is InChI=1S/C26H28N4O3S/c1-15-16(2)34-25-22(15)23(19-11-9-18(10-12-19)8-7-13-31)27-20(14-21(32)33-26(4,5)6)24-29-28-17(3)30(24)25/h9-12,20,31H,13-14H2,1-6H3. The van der Waals surface area contributed by atoms with Crippen LogP contribution in [-0.4, -0.2) is 43.8 Å². The molecular weight excluding hydrogens is 448 g/mol. The van der Waals surface area contributed by atoms with E-state index in [4.69, 9.17) is 14.8 Å². The lowest BCUT2D eigenvalue weighted by atomic mass is 9.98. The van der Waals surface area contributed by atoms with Crippen molar-refractivity contribution in [3.05, 3.63) is 63.0 Å². The SMILES string of the molecule is Cc1sc2c(c1C)C(c1ccc(C#CCO)cc1)=NC(CC(=O)OC(C)(C)C)c1nnc(C)n1-2. The topological polar surface area (TPSA) is 89.6 Å². The summed E-state index contributed by atoms with van der Waals surface area (Å²) in [5, 5.41) is 18.7. The molecule has 1 aliphatic heterocycles. The van der Waals surface area contributed by atoms with Gasteiger partial charge in [-0.05, 0) is 59.2 Å². The number of hydrogen-bond acceptors (Lipinski definition) is 7. The summed E-state index contributed by atoms with van der Waals surface area (Å²) in [6.07, 6.45) is 0.0614. The number of thiophene rings is 1. The largest absolute Gasteiger partial charge is 0.460 e. The Bertz CT molecular complexity index is 1330. The molecule has 1 N–H and O–H groups in total. The predicted octanol–water partition coefficient (Wildman–Crippen LogP) is 4.22. The number of carbonyl (C=O) groups excluding carboxylic acids is 1. The fourth-order valence-corrected chi connectivity index (χ4v) is 5.13. The van der Waals surface area contributed by atoms with E-state index in [1.807, 2.05) is 56.5 Å². The number of fused-ring (bicyclic) bond motifs is 3. The Labute approximate surface area is 203 Å². The summed E-state index contributed by atoms with van der Waals surface area (Å²) in [4.78, 5) is 19.1. The van der Waals surface area contributed by atoms with Gasteiger partial charge in [-0.1, -0.05) is 24.0 Å². The fourth-order valence-electron chi connectivity index (χ4n) is 3.92. The normalized spacial score (nSPS) is 14.9. The minimum atomic E-state index is -0.588. The molecule has 0 aliphatic carbocycles. The van der Waals surface area contributed by atoms with Gasteiger partial charge in [0.15, 0.2) is 5.82 Å². The number of ether oxygens (including phenoxy) is 1. The second-order valence-electron chi connectivity index (χ2n) is 9.23. The number of carbonyl (C=O) groups is 1. The molecule has 1 aromatic carbocycles. The summed E-state index contributed by atoms with van der Waals surface area (Å²) in [5.74, 6) is 6.64. The lowest BCUT2D eigenvalue weighted by Crippen LogP contribution is -2.25. The van der Waals surface area contributed by atoms with E-state index >= 15 is 0 Å². The van der Waals surface area contributed by atoms with Crippen LogP contribution in [0.4, 0.5) is 0 Å². The van der Waals surface area contributed by atoms with Crippen LogP contribution in [0.2, 0.25) is 0 Å². The summed E-state index contributed by atoms with van der Waals surface area (Å²) in [6, 6.07) is 7.22. The Morgan fingerprint density at radius 1 is 1.18 bits per heavy atom. The zero-order chi connectivity index (χ0) is 24.6. The number of aliphatic hydroxyl groups is 1. The van der Waals surface area contributed by atoms with Crippen LogP contribution in [-0.2, 0) is 9.53 Å². The fraction of sp³-hybridized carbons (Fsp3) is 0.385. The zero-order valence-corrected chi connectivity index (χ0v) is 21.1. The van der Waals surface area contributed by atoms with Gasteiger partial charge in [-0.15, -0.1) is 21.5 Å². The molecule has 176 valence electrons. The third kappa shape index (κ3) is 4.67. The van der Waals surface area contributed by atoms with Gasteiger partial charge < -0.3 is 9.84 Å². The third-order valence-corrected chi connectivity index (χ3v) is 6.68. The summed E-state index contributed by atoms with van der Waals surface area (Å²) in [7, 11) is 0. The number of esters is 1. The van der Waals surface area contributed by atoms with Crippen LogP contribution in [0.15, 0.2) is 29.3 Å².